The molecule has 8 heteroatoms. The van der Waals surface area contributed by atoms with Gasteiger partial charge in [0.2, 0.25) is 5.76 Å². The Morgan fingerprint density at radius 1 is 1.30 bits per heavy atom. The van der Waals surface area contributed by atoms with Gasteiger partial charge in [-0.2, -0.15) is 0 Å². The van der Waals surface area contributed by atoms with E-state index in [1.165, 1.54) is 19.4 Å². The predicted molar refractivity (Wildman–Crippen MR) is 79.0 cm³/mol. The molecule has 3 aromatic heterocycles. The molecule has 1 amide bonds. The summed E-state index contributed by atoms with van der Waals surface area (Å²) >= 11 is 0. The number of carbonyl (C=O) groups is 2. The largest absolute Gasteiger partial charge is 0.464 e. The molecule has 0 unspecified atom stereocenters. The Balaban J connectivity index is 1.81. The van der Waals surface area contributed by atoms with Crippen molar-refractivity contribution in [2.45, 2.75) is 6.92 Å². The summed E-state index contributed by atoms with van der Waals surface area (Å²) in [5, 5.41) is 6.29. The van der Waals surface area contributed by atoms with Crippen LogP contribution in [0.1, 0.15) is 26.7 Å². The summed E-state index contributed by atoms with van der Waals surface area (Å²) < 4.78 is 14.9. The van der Waals surface area contributed by atoms with Crippen LogP contribution in [-0.4, -0.2) is 29.1 Å². The van der Waals surface area contributed by atoms with Crippen molar-refractivity contribution in [3.05, 3.63) is 47.6 Å². The normalized spacial score (nSPS) is 10.5. The maximum Gasteiger partial charge on any atom is 0.356 e. The minimum absolute atomic E-state index is 0.0612. The van der Waals surface area contributed by atoms with Gasteiger partial charge in [0.15, 0.2) is 11.5 Å². The molecule has 3 heterocycles. The molecule has 0 saturated carbocycles. The zero-order valence-electron chi connectivity index (χ0n) is 12.4. The number of methoxy groups -OCH3 is 1. The van der Waals surface area contributed by atoms with Crippen LogP contribution >= 0.6 is 0 Å². The molecule has 0 fully saturated rings. The SMILES string of the molecule is COC(=O)c1[nH]c(C)cc1NC(=O)c1cc(-c2ccco2)on1. The van der Waals surface area contributed by atoms with Crippen molar-refractivity contribution in [2.75, 3.05) is 12.4 Å². The van der Waals surface area contributed by atoms with Crippen molar-refractivity contribution in [2.24, 2.45) is 0 Å². The Kier molecular flexibility index (Phi) is 3.71. The summed E-state index contributed by atoms with van der Waals surface area (Å²) in [6.45, 7) is 1.76. The van der Waals surface area contributed by atoms with Crippen LogP contribution in [0.25, 0.3) is 11.5 Å². The number of amides is 1. The first-order valence-electron chi connectivity index (χ1n) is 6.68. The average Bonchev–Trinajstić information content (AvgIpc) is 3.26. The third-order valence-electron chi connectivity index (χ3n) is 3.10. The van der Waals surface area contributed by atoms with Gasteiger partial charge in [-0.05, 0) is 25.1 Å². The lowest BCUT2D eigenvalue weighted by molar-refractivity contribution is 0.0596. The number of nitrogens with zero attached hydrogens (tertiary/aromatic N) is 1. The molecule has 8 nitrogen and oxygen atoms in total. The smallest absolute Gasteiger partial charge is 0.356 e. The Labute approximate surface area is 130 Å². The van der Waals surface area contributed by atoms with E-state index in [-0.39, 0.29) is 11.4 Å². The van der Waals surface area contributed by atoms with E-state index >= 15 is 0 Å². The highest BCUT2D eigenvalue weighted by atomic mass is 16.5. The number of aryl methyl sites for hydroxylation is 1. The first-order chi connectivity index (χ1) is 11.1. The minimum Gasteiger partial charge on any atom is -0.464 e. The molecule has 118 valence electrons. The lowest BCUT2D eigenvalue weighted by atomic mass is 10.3. The Morgan fingerprint density at radius 3 is 2.83 bits per heavy atom. The number of aromatic nitrogens is 2. The summed E-state index contributed by atoms with van der Waals surface area (Å²) in [7, 11) is 1.26. The van der Waals surface area contributed by atoms with E-state index < -0.39 is 11.9 Å². The van der Waals surface area contributed by atoms with Crippen molar-refractivity contribution >= 4 is 17.6 Å². The highest BCUT2D eigenvalue weighted by Gasteiger charge is 2.20. The van der Waals surface area contributed by atoms with Crippen molar-refractivity contribution < 1.29 is 23.3 Å². The first-order valence-corrected chi connectivity index (χ1v) is 6.68. The zero-order valence-corrected chi connectivity index (χ0v) is 12.4. The summed E-state index contributed by atoms with van der Waals surface area (Å²) in [5.74, 6) is -0.302. The number of hydrogen-bond acceptors (Lipinski definition) is 6. The highest BCUT2D eigenvalue weighted by Crippen LogP contribution is 2.22. The number of ether oxygens (including phenoxy) is 1. The van der Waals surface area contributed by atoms with Crippen molar-refractivity contribution in [3.63, 3.8) is 0 Å². The van der Waals surface area contributed by atoms with Gasteiger partial charge >= 0.3 is 5.97 Å². The second-order valence-corrected chi connectivity index (χ2v) is 4.74. The quantitative estimate of drug-likeness (QED) is 0.716. The van der Waals surface area contributed by atoms with E-state index in [2.05, 4.69) is 20.2 Å². The van der Waals surface area contributed by atoms with E-state index in [0.717, 1.165) is 0 Å². The Bertz CT molecular complexity index is 844. The second-order valence-electron chi connectivity index (χ2n) is 4.74. The van der Waals surface area contributed by atoms with E-state index in [0.29, 0.717) is 22.9 Å². The predicted octanol–water partition coefficient (Wildman–Crippen LogP) is 2.61. The van der Waals surface area contributed by atoms with Gasteiger partial charge in [0.1, 0.15) is 5.69 Å². The fraction of sp³-hybridized carbons (Fsp3) is 0.133. The standard InChI is InChI=1S/C15H13N3O5/c1-8-6-9(13(16-8)15(20)21-2)17-14(19)10-7-12(23-18-10)11-4-3-5-22-11/h3-7,16H,1-2H3,(H,17,19). The number of furan rings is 1. The van der Waals surface area contributed by atoms with E-state index in [9.17, 15) is 9.59 Å². The van der Waals surface area contributed by atoms with Gasteiger partial charge in [-0.25, -0.2) is 4.79 Å². The van der Waals surface area contributed by atoms with Gasteiger partial charge in [-0.15, -0.1) is 0 Å². The minimum atomic E-state index is -0.579. The number of aromatic amines is 1. The molecule has 2 N–H and O–H groups in total. The number of nitrogens with one attached hydrogen (secondary N) is 2. The zero-order chi connectivity index (χ0) is 16.4. The van der Waals surface area contributed by atoms with Crippen LogP contribution in [0.4, 0.5) is 5.69 Å². The first kappa shape index (κ1) is 14.6. The molecule has 0 aliphatic heterocycles. The second kappa shape index (κ2) is 5.84. The van der Waals surface area contributed by atoms with Crippen LogP contribution in [0.3, 0.4) is 0 Å². The topological polar surface area (TPSA) is 110 Å². The molecule has 3 aromatic rings. The van der Waals surface area contributed by atoms with Crippen LogP contribution in [0.5, 0.6) is 0 Å². The molecule has 0 bridgehead atoms. The summed E-state index contributed by atoms with van der Waals surface area (Å²) in [6.07, 6.45) is 1.49. The summed E-state index contributed by atoms with van der Waals surface area (Å²) in [6, 6.07) is 6.46. The third-order valence-corrected chi connectivity index (χ3v) is 3.10. The Morgan fingerprint density at radius 2 is 2.13 bits per heavy atom. The molecule has 0 radical (unpaired) electrons. The Hall–Kier alpha value is -3.29. The van der Waals surface area contributed by atoms with Gasteiger partial charge in [0.25, 0.3) is 5.91 Å². The fourth-order valence-electron chi connectivity index (χ4n) is 2.05. The molecule has 23 heavy (non-hydrogen) atoms. The van der Waals surface area contributed by atoms with Gasteiger partial charge in [0, 0.05) is 11.8 Å². The monoisotopic (exact) mass is 315 g/mol. The number of esters is 1. The van der Waals surface area contributed by atoms with Crippen molar-refractivity contribution in [3.8, 4) is 11.5 Å². The van der Waals surface area contributed by atoms with E-state index in [1.807, 2.05) is 0 Å². The van der Waals surface area contributed by atoms with Crippen LogP contribution in [0.15, 0.2) is 39.5 Å². The number of hydrogen-bond donors (Lipinski definition) is 2. The maximum atomic E-state index is 12.2. The van der Waals surface area contributed by atoms with Crippen molar-refractivity contribution in [1.29, 1.82) is 0 Å². The van der Waals surface area contributed by atoms with E-state index in [1.54, 1.807) is 25.1 Å². The molecule has 0 spiro atoms. The molecule has 3 rings (SSSR count). The fourth-order valence-corrected chi connectivity index (χ4v) is 2.05. The lowest BCUT2D eigenvalue weighted by Crippen LogP contribution is -2.15. The molecule has 0 aliphatic carbocycles. The molecule has 0 atom stereocenters. The van der Waals surface area contributed by atoms with Gasteiger partial charge in [-0.1, -0.05) is 5.16 Å². The summed E-state index contributed by atoms with van der Waals surface area (Å²) in [5.41, 5.74) is 1.23. The molecule has 0 saturated heterocycles. The van der Waals surface area contributed by atoms with Crippen LogP contribution in [0.2, 0.25) is 0 Å². The lowest BCUT2D eigenvalue weighted by Gasteiger charge is -2.03. The molecular formula is C15H13N3O5. The third kappa shape index (κ3) is 2.86. The van der Waals surface area contributed by atoms with Crippen LogP contribution < -0.4 is 5.32 Å². The molecule has 0 aromatic carbocycles. The van der Waals surface area contributed by atoms with Crippen LogP contribution in [-0.2, 0) is 4.74 Å². The van der Waals surface area contributed by atoms with Gasteiger partial charge in [-0.3, -0.25) is 4.79 Å². The maximum absolute atomic E-state index is 12.2. The van der Waals surface area contributed by atoms with E-state index in [4.69, 9.17) is 8.94 Å². The molecule has 0 aliphatic rings. The van der Waals surface area contributed by atoms with Crippen LogP contribution in [0, 0.1) is 6.92 Å². The average molecular weight is 315 g/mol. The van der Waals surface area contributed by atoms with Gasteiger partial charge in [0.05, 0.1) is 19.1 Å². The number of anilines is 1. The number of H-pyrrole nitrogens is 1. The molecular weight excluding hydrogens is 302 g/mol. The van der Waals surface area contributed by atoms with Crippen molar-refractivity contribution in [1.82, 2.24) is 10.1 Å². The number of carbonyl (C=O) groups excluding carboxylic acids is 2. The number of rotatable bonds is 4. The summed E-state index contributed by atoms with van der Waals surface area (Å²) in [4.78, 5) is 26.7. The highest BCUT2D eigenvalue weighted by molar-refractivity contribution is 6.06. The van der Waals surface area contributed by atoms with Gasteiger partial charge < -0.3 is 24.0 Å².